The molecule has 0 unspecified atom stereocenters. The number of anilines is 1. The maximum Gasteiger partial charge on any atom is 0.225 e. The van der Waals surface area contributed by atoms with Crippen LogP contribution >= 0.6 is 27.3 Å². The number of ether oxygens (including phenoxy) is 1. The topological polar surface area (TPSA) is 62.1 Å². The van der Waals surface area contributed by atoms with Crippen LogP contribution in [0.25, 0.3) is 0 Å². The number of halogens is 1. The van der Waals surface area contributed by atoms with Crippen LogP contribution in [-0.2, 0) is 4.79 Å². The molecule has 0 atom stereocenters. The van der Waals surface area contributed by atoms with Crippen molar-refractivity contribution in [3.8, 4) is 11.8 Å². The first-order valence-electron chi connectivity index (χ1n) is 7.19. The molecule has 2 aromatic rings. The smallest absolute Gasteiger partial charge is 0.225 e. The van der Waals surface area contributed by atoms with Gasteiger partial charge < -0.3 is 10.1 Å². The number of nitrogens with one attached hydrogen (secondary N) is 1. The Bertz CT molecular complexity index is 750. The quantitative estimate of drug-likeness (QED) is 0.718. The molecule has 1 N–H and O–H groups in total. The van der Waals surface area contributed by atoms with Crippen LogP contribution in [0.2, 0.25) is 0 Å². The predicted octanol–water partition coefficient (Wildman–Crippen LogP) is 4.80. The van der Waals surface area contributed by atoms with E-state index in [1.54, 1.807) is 0 Å². The highest BCUT2D eigenvalue weighted by molar-refractivity contribution is 9.10. The molecule has 1 aromatic heterocycles. The number of benzene rings is 1. The second kappa shape index (κ2) is 8.14. The summed E-state index contributed by atoms with van der Waals surface area (Å²) in [5.74, 6) is 0.677. The van der Waals surface area contributed by atoms with Gasteiger partial charge in [0, 0.05) is 15.8 Å². The normalized spacial score (nSPS) is 10.2. The fraction of sp³-hybridized carbons (Fsp3) is 0.294. The number of nitrogens with zero attached hydrogens (tertiary/aromatic N) is 1. The van der Waals surface area contributed by atoms with E-state index in [9.17, 15) is 4.79 Å². The van der Waals surface area contributed by atoms with Gasteiger partial charge in [-0.05, 0) is 44.0 Å². The number of amides is 1. The minimum atomic E-state index is -0.0967. The van der Waals surface area contributed by atoms with Crippen LogP contribution in [0, 0.1) is 25.2 Å². The Balaban J connectivity index is 1.80. The maximum absolute atomic E-state index is 12.0. The third kappa shape index (κ3) is 4.81. The van der Waals surface area contributed by atoms with Crippen LogP contribution in [0.15, 0.2) is 28.7 Å². The molecule has 0 aliphatic heterocycles. The van der Waals surface area contributed by atoms with Crippen molar-refractivity contribution in [2.45, 2.75) is 26.7 Å². The summed E-state index contributed by atoms with van der Waals surface area (Å²) < 4.78 is 6.55. The zero-order valence-electron chi connectivity index (χ0n) is 13.0. The monoisotopic (exact) mass is 392 g/mol. The minimum absolute atomic E-state index is 0.0967. The Hall–Kier alpha value is -1.84. The fourth-order valence-corrected chi connectivity index (χ4v) is 3.42. The molecule has 23 heavy (non-hydrogen) atoms. The molecule has 1 heterocycles. The average Bonchev–Trinajstić information content (AvgIpc) is 2.78. The number of hydrogen-bond donors (Lipinski definition) is 1. The lowest BCUT2D eigenvalue weighted by atomic mass is 10.2. The first-order valence-corrected chi connectivity index (χ1v) is 8.80. The Morgan fingerprint density at radius 3 is 2.91 bits per heavy atom. The third-order valence-electron chi connectivity index (χ3n) is 3.36. The Labute approximate surface area is 148 Å². The highest BCUT2D eigenvalue weighted by Crippen LogP contribution is 2.31. The van der Waals surface area contributed by atoms with Gasteiger partial charge >= 0.3 is 0 Å². The summed E-state index contributed by atoms with van der Waals surface area (Å²) in [5.41, 5.74) is 1.50. The van der Waals surface area contributed by atoms with Crippen LogP contribution < -0.4 is 10.1 Å². The van der Waals surface area contributed by atoms with Crippen molar-refractivity contribution in [1.82, 2.24) is 0 Å². The van der Waals surface area contributed by atoms with E-state index in [-0.39, 0.29) is 5.91 Å². The van der Waals surface area contributed by atoms with Gasteiger partial charge in [0.1, 0.15) is 16.8 Å². The average molecular weight is 393 g/mol. The second-order valence-electron chi connectivity index (χ2n) is 5.06. The summed E-state index contributed by atoms with van der Waals surface area (Å²) in [6, 6.07) is 9.74. The van der Waals surface area contributed by atoms with Crippen molar-refractivity contribution >= 4 is 38.2 Å². The van der Waals surface area contributed by atoms with Gasteiger partial charge in [0.15, 0.2) is 0 Å². The Morgan fingerprint density at radius 2 is 2.22 bits per heavy atom. The van der Waals surface area contributed by atoms with Crippen molar-refractivity contribution < 1.29 is 9.53 Å². The zero-order valence-corrected chi connectivity index (χ0v) is 15.4. The largest absolute Gasteiger partial charge is 0.494 e. The maximum atomic E-state index is 12.0. The van der Waals surface area contributed by atoms with E-state index in [1.807, 2.05) is 38.1 Å². The molecule has 6 heteroatoms. The summed E-state index contributed by atoms with van der Waals surface area (Å²) in [6.07, 6.45) is 0.971. The molecule has 0 saturated carbocycles. The molecule has 120 valence electrons. The Kier molecular flexibility index (Phi) is 6.20. The first kappa shape index (κ1) is 17.5. The molecule has 0 saturated heterocycles. The van der Waals surface area contributed by atoms with Gasteiger partial charge in [-0.25, -0.2) is 0 Å². The molecule has 0 aliphatic rings. The number of hydrogen-bond acceptors (Lipinski definition) is 4. The highest BCUT2D eigenvalue weighted by Gasteiger charge is 2.14. The summed E-state index contributed by atoms with van der Waals surface area (Å²) >= 11 is 4.82. The van der Waals surface area contributed by atoms with Gasteiger partial charge in [0.2, 0.25) is 5.91 Å². The van der Waals surface area contributed by atoms with Crippen molar-refractivity contribution in [3.05, 3.63) is 44.7 Å². The van der Waals surface area contributed by atoms with E-state index >= 15 is 0 Å². The number of carbonyl (C=O) groups excluding carboxylic acids is 1. The van der Waals surface area contributed by atoms with Crippen molar-refractivity contribution in [1.29, 1.82) is 5.26 Å². The highest BCUT2D eigenvalue weighted by atomic mass is 79.9. The van der Waals surface area contributed by atoms with E-state index in [1.165, 1.54) is 11.3 Å². The van der Waals surface area contributed by atoms with Crippen LogP contribution in [0.1, 0.15) is 28.8 Å². The molecule has 0 bridgehead atoms. The summed E-state index contributed by atoms with van der Waals surface area (Å²) in [7, 11) is 0. The Morgan fingerprint density at radius 1 is 1.43 bits per heavy atom. The van der Waals surface area contributed by atoms with E-state index in [4.69, 9.17) is 10.00 Å². The van der Waals surface area contributed by atoms with Gasteiger partial charge in [0.25, 0.3) is 0 Å². The SMILES string of the molecule is Cc1sc(NC(=O)CCCOc2cccc(Br)c2)c(C#N)c1C. The number of thiophene rings is 1. The van der Waals surface area contributed by atoms with E-state index in [0.717, 1.165) is 20.7 Å². The standard InChI is InChI=1S/C17H17BrN2O2S/c1-11-12(2)23-17(15(11)10-19)20-16(21)7-4-8-22-14-6-3-5-13(18)9-14/h3,5-6,9H,4,7-8H2,1-2H3,(H,20,21). The zero-order chi connectivity index (χ0) is 16.8. The van der Waals surface area contributed by atoms with Crippen molar-refractivity contribution in [2.24, 2.45) is 0 Å². The predicted molar refractivity (Wildman–Crippen MR) is 96.0 cm³/mol. The van der Waals surface area contributed by atoms with Crippen LogP contribution in [-0.4, -0.2) is 12.5 Å². The molecule has 0 spiro atoms. The van der Waals surface area contributed by atoms with Crippen LogP contribution in [0.5, 0.6) is 5.75 Å². The first-order chi connectivity index (χ1) is 11.0. The number of rotatable bonds is 6. The van der Waals surface area contributed by atoms with Gasteiger partial charge in [-0.2, -0.15) is 5.26 Å². The van der Waals surface area contributed by atoms with Gasteiger partial charge in [-0.15, -0.1) is 11.3 Å². The van der Waals surface area contributed by atoms with Crippen molar-refractivity contribution in [2.75, 3.05) is 11.9 Å². The summed E-state index contributed by atoms with van der Waals surface area (Å²) in [5, 5.41) is 12.6. The minimum Gasteiger partial charge on any atom is -0.494 e. The molecular weight excluding hydrogens is 376 g/mol. The van der Waals surface area contributed by atoms with E-state index in [0.29, 0.717) is 30.0 Å². The molecule has 0 fully saturated rings. The number of nitriles is 1. The van der Waals surface area contributed by atoms with Gasteiger partial charge in [-0.1, -0.05) is 22.0 Å². The lowest BCUT2D eigenvalue weighted by molar-refractivity contribution is -0.116. The molecule has 0 radical (unpaired) electrons. The summed E-state index contributed by atoms with van der Waals surface area (Å²) in [6.45, 7) is 4.31. The molecule has 0 aliphatic carbocycles. The molecule has 4 nitrogen and oxygen atoms in total. The van der Waals surface area contributed by atoms with Gasteiger partial charge in [0.05, 0.1) is 12.2 Å². The van der Waals surface area contributed by atoms with Crippen LogP contribution in [0.3, 0.4) is 0 Å². The van der Waals surface area contributed by atoms with Crippen LogP contribution in [0.4, 0.5) is 5.00 Å². The lowest BCUT2D eigenvalue weighted by Gasteiger charge is -2.07. The lowest BCUT2D eigenvalue weighted by Crippen LogP contribution is -2.12. The third-order valence-corrected chi connectivity index (χ3v) is 4.98. The number of carbonyl (C=O) groups is 1. The molecule has 1 aromatic carbocycles. The molecule has 1 amide bonds. The molecule has 2 rings (SSSR count). The molecular formula is C17H17BrN2O2S. The fourth-order valence-electron chi connectivity index (χ4n) is 2.02. The van der Waals surface area contributed by atoms with Crippen molar-refractivity contribution in [3.63, 3.8) is 0 Å². The van der Waals surface area contributed by atoms with E-state index < -0.39 is 0 Å². The van der Waals surface area contributed by atoms with E-state index in [2.05, 4.69) is 27.3 Å². The number of aryl methyl sites for hydroxylation is 1. The second-order valence-corrected chi connectivity index (χ2v) is 7.20. The summed E-state index contributed by atoms with van der Waals surface area (Å²) in [4.78, 5) is 13.0. The van der Waals surface area contributed by atoms with Gasteiger partial charge in [-0.3, -0.25) is 4.79 Å².